The molecular formula is C20H18N4O2S. The molecule has 3 aromatic heterocycles. The van der Waals surface area contributed by atoms with Gasteiger partial charge in [-0.25, -0.2) is 0 Å². The molecule has 3 heterocycles. The zero-order valence-electron chi connectivity index (χ0n) is 15.0. The van der Waals surface area contributed by atoms with Crippen molar-refractivity contribution in [2.24, 2.45) is 7.05 Å². The maximum atomic E-state index is 5.98. The van der Waals surface area contributed by atoms with E-state index < -0.39 is 0 Å². The SMILES string of the molecule is Cc1occc1-c1nnc(SCc2ccccc2Oc2cccnc2)n1C. The first-order chi connectivity index (χ1) is 13.2. The maximum Gasteiger partial charge on any atom is 0.191 e. The highest BCUT2D eigenvalue weighted by atomic mass is 32.2. The number of aryl methyl sites for hydroxylation is 1. The van der Waals surface area contributed by atoms with E-state index >= 15 is 0 Å². The minimum absolute atomic E-state index is 0.714. The fraction of sp³-hybridized carbons (Fsp3) is 0.150. The smallest absolute Gasteiger partial charge is 0.191 e. The lowest BCUT2D eigenvalue weighted by Crippen LogP contribution is -1.96. The van der Waals surface area contributed by atoms with Crippen LogP contribution in [0.4, 0.5) is 0 Å². The van der Waals surface area contributed by atoms with Gasteiger partial charge in [0.1, 0.15) is 17.3 Å². The van der Waals surface area contributed by atoms with Crippen molar-refractivity contribution in [3.63, 3.8) is 0 Å². The average molecular weight is 378 g/mol. The van der Waals surface area contributed by atoms with E-state index in [2.05, 4.69) is 21.2 Å². The Balaban J connectivity index is 1.52. The molecule has 0 aliphatic carbocycles. The van der Waals surface area contributed by atoms with Gasteiger partial charge in [-0.2, -0.15) is 0 Å². The number of para-hydroxylation sites is 1. The highest BCUT2D eigenvalue weighted by molar-refractivity contribution is 7.98. The van der Waals surface area contributed by atoms with Crippen LogP contribution in [0.2, 0.25) is 0 Å². The van der Waals surface area contributed by atoms with Crippen LogP contribution in [0.1, 0.15) is 11.3 Å². The van der Waals surface area contributed by atoms with Gasteiger partial charge in [0, 0.05) is 24.6 Å². The Morgan fingerprint density at radius 2 is 2.00 bits per heavy atom. The number of benzene rings is 1. The second kappa shape index (κ2) is 7.67. The molecule has 1 aromatic carbocycles. The van der Waals surface area contributed by atoms with Crippen molar-refractivity contribution in [2.45, 2.75) is 17.8 Å². The van der Waals surface area contributed by atoms with Crippen LogP contribution >= 0.6 is 11.8 Å². The lowest BCUT2D eigenvalue weighted by Gasteiger charge is -2.10. The van der Waals surface area contributed by atoms with E-state index in [1.54, 1.807) is 30.4 Å². The topological polar surface area (TPSA) is 66.0 Å². The van der Waals surface area contributed by atoms with Crippen molar-refractivity contribution >= 4 is 11.8 Å². The number of furan rings is 1. The third-order valence-corrected chi connectivity index (χ3v) is 5.20. The summed E-state index contributed by atoms with van der Waals surface area (Å²) in [5.74, 6) is 3.87. The van der Waals surface area contributed by atoms with Gasteiger partial charge >= 0.3 is 0 Å². The van der Waals surface area contributed by atoms with Crippen LogP contribution in [-0.2, 0) is 12.8 Å². The lowest BCUT2D eigenvalue weighted by atomic mass is 10.2. The largest absolute Gasteiger partial charge is 0.469 e. The van der Waals surface area contributed by atoms with Crippen LogP contribution in [0, 0.1) is 6.92 Å². The van der Waals surface area contributed by atoms with Crippen molar-refractivity contribution in [2.75, 3.05) is 0 Å². The van der Waals surface area contributed by atoms with E-state index in [0.717, 1.165) is 33.6 Å². The van der Waals surface area contributed by atoms with Crippen LogP contribution in [-0.4, -0.2) is 19.7 Å². The molecule has 0 bridgehead atoms. The number of thioether (sulfide) groups is 1. The second-order valence-electron chi connectivity index (χ2n) is 5.94. The van der Waals surface area contributed by atoms with Gasteiger partial charge in [0.15, 0.2) is 11.0 Å². The molecule has 7 heteroatoms. The van der Waals surface area contributed by atoms with Gasteiger partial charge in [-0.1, -0.05) is 30.0 Å². The van der Waals surface area contributed by atoms with Crippen molar-refractivity contribution in [3.8, 4) is 22.9 Å². The summed E-state index contributed by atoms with van der Waals surface area (Å²) in [7, 11) is 1.96. The molecule has 0 fully saturated rings. The van der Waals surface area contributed by atoms with Crippen LogP contribution < -0.4 is 4.74 Å². The van der Waals surface area contributed by atoms with Crippen molar-refractivity contribution in [1.29, 1.82) is 0 Å². The molecule has 4 aromatic rings. The van der Waals surface area contributed by atoms with Crippen molar-refractivity contribution < 1.29 is 9.15 Å². The number of ether oxygens (including phenoxy) is 1. The summed E-state index contributed by atoms with van der Waals surface area (Å²) in [5.41, 5.74) is 2.03. The molecular weight excluding hydrogens is 360 g/mol. The Bertz CT molecular complexity index is 1040. The van der Waals surface area contributed by atoms with E-state index in [-0.39, 0.29) is 0 Å². The fourth-order valence-corrected chi connectivity index (χ4v) is 3.59. The minimum atomic E-state index is 0.714. The highest BCUT2D eigenvalue weighted by Gasteiger charge is 2.15. The lowest BCUT2D eigenvalue weighted by molar-refractivity contribution is 0.476. The van der Waals surface area contributed by atoms with Crippen LogP contribution in [0.25, 0.3) is 11.4 Å². The van der Waals surface area contributed by atoms with E-state index in [9.17, 15) is 0 Å². The standard InChI is InChI=1S/C20H18N4O2S/c1-14-17(9-11-25-14)19-22-23-20(24(19)2)27-13-15-6-3-4-8-18(15)26-16-7-5-10-21-12-16/h3-12H,13H2,1-2H3. The molecule has 0 unspecified atom stereocenters. The monoisotopic (exact) mass is 378 g/mol. The number of rotatable bonds is 6. The third kappa shape index (κ3) is 3.73. The predicted octanol–water partition coefficient (Wildman–Crippen LogP) is 4.86. The summed E-state index contributed by atoms with van der Waals surface area (Å²) in [5, 5.41) is 9.47. The molecule has 0 amide bonds. The van der Waals surface area contributed by atoms with Gasteiger partial charge in [0.2, 0.25) is 0 Å². The molecule has 0 atom stereocenters. The van der Waals surface area contributed by atoms with Crippen LogP contribution in [0.3, 0.4) is 0 Å². The molecule has 0 aliphatic rings. The molecule has 4 rings (SSSR count). The Hall–Kier alpha value is -3.06. The summed E-state index contributed by atoms with van der Waals surface area (Å²) in [4.78, 5) is 4.09. The van der Waals surface area contributed by atoms with Gasteiger partial charge < -0.3 is 13.7 Å². The molecule has 0 aliphatic heterocycles. The fourth-order valence-electron chi connectivity index (χ4n) is 2.69. The van der Waals surface area contributed by atoms with Gasteiger partial charge in [0.25, 0.3) is 0 Å². The van der Waals surface area contributed by atoms with E-state index in [0.29, 0.717) is 11.5 Å². The summed E-state index contributed by atoms with van der Waals surface area (Å²) in [6.07, 6.45) is 5.09. The number of pyridine rings is 1. The van der Waals surface area contributed by atoms with Gasteiger partial charge in [-0.3, -0.25) is 4.98 Å². The van der Waals surface area contributed by atoms with Crippen molar-refractivity contribution in [1.82, 2.24) is 19.7 Å². The third-order valence-electron chi connectivity index (χ3n) is 4.13. The number of nitrogens with zero attached hydrogens (tertiary/aromatic N) is 4. The van der Waals surface area contributed by atoms with E-state index in [1.165, 1.54) is 0 Å². The number of aromatic nitrogens is 4. The average Bonchev–Trinajstić information content (AvgIpc) is 3.27. The van der Waals surface area contributed by atoms with Gasteiger partial charge in [0.05, 0.1) is 18.0 Å². The molecule has 0 N–H and O–H groups in total. The first kappa shape index (κ1) is 17.4. The zero-order valence-corrected chi connectivity index (χ0v) is 15.8. The maximum absolute atomic E-state index is 5.98. The molecule has 0 saturated heterocycles. The quantitative estimate of drug-likeness (QED) is 0.446. The highest BCUT2D eigenvalue weighted by Crippen LogP contribution is 2.31. The first-order valence-electron chi connectivity index (χ1n) is 8.45. The Kier molecular flexibility index (Phi) is 4.93. The first-order valence-corrected chi connectivity index (χ1v) is 9.43. The van der Waals surface area contributed by atoms with E-state index in [1.807, 2.05) is 54.9 Å². The Labute approximate surface area is 161 Å². The molecule has 27 heavy (non-hydrogen) atoms. The number of hydrogen-bond acceptors (Lipinski definition) is 6. The van der Waals surface area contributed by atoms with Gasteiger partial charge in [-0.15, -0.1) is 10.2 Å². The normalized spacial score (nSPS) is 10.9. The molecule has 6 nitrogen and oxygen atoms in total. The minimum Gasteiger partial charge on any atom is -0.469 e. The summed E-state index contributed by atoms with van der Waals surface area (Å²) in [6, 6.07) is 13.6. The Morgan fingerprint density at radius 1 is 1.11 bits per heavy atom. The zero-order chi connectivity index (χ0) is 18.6. The predicted molar refractivity (Wildman–Crippen MR) is 104 cm³/mol. The second-order valence-corrected chi connectivity index (χ2v) is 6.89. The van der Waals surface area contributed by atoms with Gasteiger partial charge in [-0.05, 0) is 31.2 Å². The summed E-state index contributed by atoms with van der Waals surface area (Å²) < 4.78 is 13.3. The van der Waals surface area contributed by atoms with E-state index in [4.69, 9.17) is 9.15 Å². The summed E-state index contributed by atoms with van der Waals surface area (Å²) in [6.45, 7) is 1.92. The molecule has 0 saturated carbocycles. The molecule has 0 radical (unpaired) electrons. The Morgan fingerprint density at radius 3 is 2.78 bits per heavy atom. The van der Waals surface area contributed by atoms with Crippen molar-refractivity contribution in [3.05, 3.63) is 72.4 Å². The number of hydrogen-bond donors (Lipinski definition) is 0. The molecule has 136 valence electrons. The molecule has 0 spiro atoms. The summed E-state index contributed by atoms with van der Waals surface area (Å²) >= 11 is 1.61. The van der Waals surface area contributed by atoms with Crippen LogP contribution in [0.15, 0.2) is 70.7 Å². The van der Waals surface area contributed by atoms with Crippen LogP contribution in [0.5, 0.6) is 11.5 Å².